The molecule has 1 aromatic carbocycles. The number of nitrogens with one attached hydrogen (secondary N) is 2. The van der Waals surface area contributed by atoms with Crippen molar-refractivity contribution in [1.29, 1.82) is 0 Å². The molecule has 3 rings (SSSR count). The topological polar surface area (TPSA) is 83.8 Å². The Labute approximate surface area is 122 Å². The van der Waals surface area contributed by atoms with Crippen molar-refractivity contribution in [3.8, 4) is 0 Å². The standard InChI is InChI=1S/C16H16N4O/c17-12-1-2-15-13(9-12)14(10-20-15)16(21)19-8-5-11-3-6-18-7-4-11/h1-4,6-7,9-10,20H,5,8,17H2,(H,19,21). The SMILES string of the molecule is Nc1ccc2[nH]cc(C(=O)NCCc3ccncc3)c2c1. The zero-order valence-electron chi connectivity index (χ0n) is 11.5. The second-order valence-electron chi connectivity index (χ2n) is 4.87. The van der Waals surface area contributed by atoms with Crippen LogP contribution in [0.25, 0.3) is 10.9 Å². The van der Waals surface area contributed by atoms with Crippen molar-refractivity contribution < 1.29 is 4.79 Å². The normalized spacial score (nSPS) is 10.7. The summed E-state index contributed by atoms with van der Waals surface area (Å²) in [6.07, 6.45) is 5.99. The zero-order valence-corrected chi connectivity index (χ0v) is 11.5. The van der Waals surface area contributed by atoms with E-state index in [1.165, 1.54) is 0 Å². The Hall–Kier alpha value is -2.82. The molecule has 0 fully saturated rings. The fourth-order valence-electron chi connectivity index (χ4n) is 2.29. The number of carbonyl (C=O) groups excluding carboxylic acids is 1. The van der Waals surface area contributed by atoms with Crippen molar-refractivity contribution in [2.24, 2.45) is 0 Å². The van der Waals surface area contributed by atoms with Crippen LogP contribution in [0, 0.1) is 0 Å². The van der Waals surface area contributed by atoms with Gasteiger partial charge in [0.15, 0.2) is 0 Å². The molecule has 2 aromatic heterocycles. The van der Waals surface area contributed by atoms with Crippen LogP contribution in [-0.2, 0) is 6.42 Å². The van der Waals surface area contributed by atoms with Gasteiger partial charge in [-0.15, -0.1) is 0 Å². The van der Waals surface area contributed by atoms with E-state index in [1.54, 1.807) is 18.6 Å². The Morgan fingerprint density at radius 2 is 2.05 bits per heavy atom. The summed E-state index contributed by atoms with van der Waals surface area (Å²) in [5, 5.41) is 3.77. The van der Waals surface area contributed by atoms with Gasteiger partial charge < -0.3 is 16.0 Å². The summed E-state index contributed by atoms with van der Waals surface area (Å²) in [4.78, 5) is 19.3. The predicted molar refractivity (Wildman–Crippen MR) is 83.0 cm³/mol. The van der Waals surface area contributed by atoms with Crippen LogP contribution in [0.2, 0.25) is 0 Å². The van der Waals surface area contributed by atoms with E-state index in [2.05, 4.69) is 15.3 Å². The van der Waals surface area contributed by atoms with Gasteiger partial charge in [-0.3, -0.25) is 9.78 Å². The predicted octanol–water partition coefficient (Wildman–Crippen LogP) is 2.12. The maximum Gasteiger partial charge on any atom is 0.253 e. The van der Waals surface area contributed by atoms with Crippen LogP contribution in [0.15, 0.2) is 48.9 Å². The average molecular weight is 280 g/mol. The number of anilines is 1. The first kappa shape index (κ1) is 13.2. The molecule has 0 bridgehead atoms. The van der Waals surface area contributed by atoms with E-state index in [0.29, 0.717) is 17.8 Å². The van der Waals surface area contributed by atoms with E-state index >= 15 is 0 Å². The van der Waals surface area contributed by atoms with Crippen LogP contribution in [0.1, 0.15) is 15.9 Å². The molecule has 2 heterocycles. The molecule has 0 aliphatic rings. The van der Waals surface area contributed by atoms with E-state index in [4.69, 9.17) is 5.73 Å². The summed E-state index contributed by atoms with van der Waals surface area (Å²) in [5.41, 5.74) is 9.09. The highest BCUT2D eigenvalue weighted by Gasteiger charge is 2.11. The summed E-state index contributed by atoms with van der Waals surface area (Å²) >= 11 is 0. The number of H-pyrrole nitrogens is 1. The molecule has 0 radical (unpaired) electrons. The second-order valence-corrected chi connectivity index (χ2v) is 4.87. The second kappa shape index (κ2) is 5.66. The maximum absolute atomic E-state index is 12.2. The van der Waals surface area contributed by atoms with E-state index in [9.17, 15) is 4.79 Å². The summed E-state index contributed by atoms with van der Waals surface area (Å²) in [6, 6.07) is 9.38. The number of pyridine rings is 1. The molecule has 21 heavy (non-hydrogen) atoms. The number of aromatic amines is 1. The average Bonchev–Trinajstić information content (AvgIpc) is 2.91. The lowest BCUT2D eigenvalue weighted by atomic mass is 10.1. The first-order chi connectivity index (χ1) is 10.2. The molecule has 0 spiro atoms. The molecule has 5 nitrogen and oxygen atoms in total. The third-order valence-electron chi connectivity index (χ3n) is 3.40. The highest BCUT2D eigenvalue weighted by Crippen LogP contribution is 2.20. The summed E-state index contributed by atoms with van der Waals surface area (Å²) in [7, 11) is 0. The highest BCUT2D eigenvalue weighted by molar-refractivity contribution is 6.07. The largest absolute Gasteiger partial charge is 0.399 e. The number of rotatable bonds is 4. The molecule has 0 atom stereocenters. The van der Waals surface area contributed by atoms with Gasteiger partial charge in [0, 0.05) is 41.7 Å². The molecule has 0 unspecified atom stereocenters. The van der Waals surface area contributed by atoms with Crippen LogP contribution in [0.3, 0.4) is 0 Å². The summed E-state index contributed by atoms with van der Waals surface area (Å²) in [6.45, 7) is 0.581. The Kier molecular flexibility index (Phi) is 3.55. The molecule has 0 saturated carbocycles. The molecule has 1 amide bonds. The van der Waals surface area contributed by atoms with Crippen molar-refractivity contribution in [2.45, 2.75) is 6.42 Å². The third-order valence-corrected chi connectivity index (χ3v) is 3.40. The van der Waals surface area contributed by atoms with Gasteiger partial charge in [-0.2, -0.15) is 0 Å². The van der Waals surface area contributed by atoms with Crippen molar-refractivity contribution >= 4 is 22.5 Å². The van der Waals surface area contributed by atoms with E-state index in [-0.39, 0.29) is 5.91 Å². The highest BCUT2D eigenvalue weighted by atomic mass is 16.1. The maximum atomic E-state index is 12.2. The number of hydrogen-bond donors (Lipinski definition) is 3. The molecular formula is C16H16N4O. The summed E-state index contributed by atoms with van der Waals surface area (Å²) in [5.74, 6) is -0.0964. The first-order valence-electron chi connectivity index (χ1n) is 6.78. The molecule has 4 N–H and O–H groups in total. The van der Waals surface area contributed by atoms with Crippen molar-refractivity contribution in [2.75, 3.05) is 12.3 Å². The van der Waals surface area contributed by atoms with E-state index in [0.717, 1.165) is 22.9 Å². The minimum Gasteiger partial charge on any atom is -0.399 e. The lowest BCUT2D eigenvalue weighted by molar-refractivity contribution is 0.0956. The van der Waals surface area contributed by atoms with Gasteiger partial charge >= 0.3 is 0 Å². The molecule has 3 aromatic rings. The number of hydrogen-bond acceptors (Lipinski definition) is 3. The van der Waals surface area contributed by atoms with Gasteiger partial charge in [-0.1, -0.05) is 0 Å². The van der Waals surface area contributed by atoms with Crippen LogP contribution in [0.5, 0.6) is 0 Å². The number of nitrogen functional groups attached to an aromatic ring is 1. The molecule has 5 heteroatoms. The van der Waals surface area contributed by atoms with Crippen LogP contribution in [0.4, 0.5) is 5.69 Å². The Bertz CT molecular complexity index is 764. The first-order valence-corrected chi connectivity index (χ1v) is 6.78. The Morgan fingerprint density at radius 3 is 2.86 bits per heavy atom. The molecule has 0 saturated heterocycles. The zero-order chi connectivity index (χ0) is 14.7. The molecule has 106 valence electrons. The number of nitrogens with two attached hydrogens (primary N) is 1. The third kappa shape index (κ3) is 2.86. The summed E-state index contributed by atoms with van der Waals surface area (Å²) < 4.78 is 0. The minimum absolute atomic E-state index is 0.0964. The van der Waals surface area contributed by atoms with Gasteiger partial charge in [-0.05, 0) is 42.3 Å². The number of nitrogens with zero attached hydrogens (tertiary/aromatic N) is 1. The minimum atomic E-state index is -0.0964. The van der Waals surface area contributed by atoms with Crippen LogP contribution in [-0.4, -0.2) is 22.4 Å². The lowest BCUT2D eigenvalue weighted by Crippen LogP contribution is -2.25. The van der Waals surface area contributed by atoms with E-state index < -0.39 is 0 Å². The number of fused-ring (bicyclic) bond motifs is 1. The van der Waals surface area contributed by atoms with Gasteiger partial charge in [-0.25, -0.2) is 0 Å². The van der Waals surface area contributed by atoms with Gasteiger partial charge in [0.2, 0.25) is 0 Å². The number of benzene rings is 1. The fourth-order valence-corrected chi connectivity index (χ4v) is 2.29. The molecule has 0 aliphatic carbocycles. The van der Waals surface area contributed by atoms with Gasteiger partial charge in [0.1, 0.15) is 0 Å². The van der Waals surface area contributed by atoms with Crippen molar-refractivity contribution in [1.82, 2.24) is 15.3 Å². The number of carbonyl (C=O) groups is 1. The number of amides is 1. The van der Waals surface area contributed by atoms with Crippen LogP contribution < -0.4 is 11.1 Å². The van der Waals surface area contributed by atoms with Gasteiger partial charge in [0.25, 0.3) is 5.91 Å². The Balaban J connectivity index is 1.68. The van der Waals surface area contributed by atoms with E-state index in [1.807, 2.05) is 30.3 Å². The number of aromatic nitrogens is 2. The smallest absolute Gasteiger partial charge is 0.253 e. The van der Waals surface area contributed by atoms with Gasteiger partial charge in [0.05, 0.1) is 5.56 Å². The quantitative estimate of drug-likeness (QED) is 0.640. The molecule has 0 aliphatic heterocycles. The fraction of sp³-hybridized carbons (Fsp3) is 0.125. The Morgan fingerprint density at radius 1 is 1.24 bits per heavy atom. The van der Waals surface area contributed by atoms with Crippen LogP contribution >= 0.6 is 0 Å². The van der Waals surface area contributed by atoms with Crippen molar-refractivity contribution in [3.63, 3.8) is 0 Å². The monoisotopic (exact) mass is 280 g/mol. The molecular weight excluding hydrogens is 264 g/mol. The van der Waals surface area contributed by atoms with Crippen molar-refractivity contribution in [3.05, 3.63) is 60.0 Å². The lowest BCUT2D eigenvalue weighted by Gasteiger charge is -2.04.